The first-order chi connectivity index (χ1) is 12.5. The van der Waals surface area contributed by atoms with Gasteiger partial charge in [0, 0.05) is 32.2 Å². The Morgan fingerprint density at radius 1 is 1.27 bits per heavy atom. The van der Waals surface area contributed by atoms with Crippen LogP contribution in [-0.4, -0.2) is 46.4 Å². The second kappa shape index (κ2) is 8.49. The van der Waals surface area contributed by atoms with E-state index in [4.69, 9.17) is 10.5 Å². The van der Waals surface area contributed by atoms with Crippen LogP contribution >= 0.6 is 0 Å². The van der Waals surface area contributed by atoms with Gasteiger partial charge in [0.1, 0.15) is 0 Å². The molecule has 0 saturated carbocycles. The molecule has 1 aromatic heterocycles. The zero-order chi connectivity index (χ0) is 18.5. The maximum absolute atomic E-state index is 6.49. The van der Waals surface area contributed by atoms with Crippen molar-refractivity contribution in [3.05, 3.63) is 29.6 Å². The smallest absolute Gasteiger partial charge is 0.175 e. The molecule has 2 aromatic rings. The standard InChI is InChI=1S/C19H30N6O/c1-13(2)12-25(16-6-8-26-9-7-16)18-5-4-15(11-17(18)20)14(3)10-19-21-23-24-22-19/h4-5,11,13-14,16H,6-10,12,20H2,1-3H3,(H,21,22,23,24)/t14-/m1/s1. The van der Waals surface area contributed by atoms with Crippen LogP contribution in [0.5, 0.6) is 0 Å². The molecular formula is C19H30N6O. The number of aromatic amines is 1. The van der Waals surface area contributed by atoms with E-state index >= 15 is 0 Å². The molecule has 0 radical (unpaired) electrons. The van der Waals surface area contributed by atoms with Crippen molar-refractivity contribution in [3.63, 3.8) is 0 Å². The fourth-order valence-corrected chi connectivity index (χ4v) is 3.64. The van der Waals surface area contributed by atoms with Gasteiger partial charge in [-0.3, -0.25) is 0 Å². The Bertz CT molecular complexity index is 681. The molecule has 0 aliphatic carbocycles. The van der Waals surface area contributed by atoms with Gasteiger partial charge in [-0.15, -0.1) is 10.2 Å². The highest BCUT2D eigenvalue weighted by molar-refractivity contribution is 5.69. The topological polar surface area (TPSA) is 93.0 Å². The number of hydrogen-bond acceptors (Lipinski definition) is 6. The summed E-state index contributed by atoms with van der Waals surface area (Å²) in [6.45, 7) is 9.34. The molecular weight excluding hydrogens is 328 g/mol. The minimum atomic E-state index is 0.283. The van der Waals surface area contributed by atoms with Gasteiger partial charge in [-0.25, -0.2) is 0 Å². The molecule has 26 heavy (non-hydrogen) atoms. The van der Waals surface area contributed by atoms with E-state index in [0.717, 1.165) is 56.2 Å². The van der Waals surface area contributed by atoms with Crippen LogP contribution in [0.15, 0.2) is 18.2 Å². The predicted molar refractivity (Wildman–Crippen MR) is 103 cm³/mol. The number of nitrogens with one attached hydrogen (secondary N) is 1. The van der Waals surface area contributed by atoms with Crippen LogP contribution in [0.3, 0.4) is 0 Å². The lowest BCUT2D eigenvalue weighted by atomic mass is 9.95. The zero-order valence-corrected chi connectivity index (χ0v) is 16.0. The highest BCUT2D eigenvalue weighted by Gasteiger charge is 2.24. The zero-order valence-electron chi connectivity index (χ0n) is 16.0. The SMILES string of the molecule is CC(C)CN(c1ccc([C@H](C)Cc2nn[nH]n2)cc1N)C1CCOCC1. The first kappa shape index (κ1) is 18.6. The molecule has 1 atom stereocenters. The third kappa shape index (κ3) is 4.52. The molecule has 1 saturated heterocycles. The van der Waals surface area contributed by atoms with Crippen LogP contribution in [0.1, 0.15) is 50.9 Å². The second-order valence-corrected chi connectivity index (χ2v) is 7.64. The van der Waals surface area contributed by atoms with Crippen molar-refractivity contribution < 1.29 is 4.74 Å². The van der Waals surface area contributed by atoms with E-state index in [1.54, 1.807) is 0 Å². The molecule has 0 spiro atoms. The summed E-state index contributed by atoms with van der Waals surface area (Å²) < 4.78 is 5.54. The van der Waals surface area contributed by atoms with Gasteiger partial charge in [0.25, 0.3) is 0 Å². The predicted octanol–water partition coefficient (Wildman–Crippen LogP) is 2.77. The molecule has 2 heterocycles. The van der Waals surface area contributed by atoms with E-state index in [2.05, 4.69) is 64.5 Å². The Labute approximate surface area is 155 Å². The van der Waals surface area contributed by atoms with Gasteiger partial charge >= 0.3 is 0 Å². The monoisotopic (exact) mass is 358 g/mol. The summed E-state index contributed by atoms with van der Waals surface area (Å²) in [5.74, 6) is 1.59. The molecule has 0 bridgehead atoms. The number of H-pyrrole nitrogens is 1. The number of tetrazole rings is 1. The normalized spacial score (nSPS) is 16.8. The number of ether oxygens (including phenoxy) is 1. The van der Waals surface area contributed by atoms with Crippen molar-refractivity contribution in [3.8, 4) is 0 Å². The van der Waals surface area contributed by atoms with Gasteiger partial charge in [0.05, 0.1) is 11.4 Å². The molecule has 0 unspecified atom stereocenters. The number of anilines is 2. The number of nitrogens with zero attached hydrogens (tertiary/aromatic N) is 4. The largest absolute Gasteiger partial charge is 0.397 e. The number of benzene rings is 1. The van der Waals surface area contributed by atoms with Crippen molar-refractivity contribution in [1.29, 1.82) is 0 Å². The highest BCUT2D eigenvalue weighted by atomic mass is 16.5. The van der Waals surface area contributed by atoms with Gasteiger partial charge in [-0.1, -0.05) is 32.1 Å². The van der Waals surface area contributed by atoms with E-state index < -0.39 is 0 Å². The molecule has 142 valence electrons. The number of aromatic nitrogens is 4. The Morgan fingerprint density at radius 2 is 2.04 bits per heavy atom. The van der Waals surface area contributed by atoms with E-state index in [9.17, 15) is 0 Å². The van der Waals surface area contributed by atoms with E-state index in [0.29, 0.717) is 12.0 Å². The van der Waals surface area contributed by atoms with E-state index in [1.165, 1.54) is 5.56 Å². The number of nitrogen functional groups attached to an aromatic ring is 1. The molecule has 1 fully saturated rings. The number of rotatable bonds is 7. The van der Waals surface area contributed by atoms with E-state index in [1.807, 2.05) is 0 Å². The molecule has 7 heteroatoms. The maximum atomic E-state index is 6.49. The number of nitrogens with two attached hydrogens (primary N) is 1. The first-order valence-electron chi connectivity index (χ1n) is 9.50. The summed E-state index contributed by atoms with van der Waals surface area (Å²) >= 11 is 0. The van der Waals surface area contributed by atoms with Gasteiger partial charge in [0.2, 0.25) is 0 Å². The Morgan fingerprint density at radius 3 is 2.65 bits per heavy atom. The van der Waals surface area contributed by atoms with Crippen molar-refractivity contribution in [1.82, 2.24) is 20.6 Å². The van der Waals surface area contributed by atoms with Crippen LogP contribution in [-0.2, 0) is 11.2 Å². The van der Waals surface area contributed by atoms with Crippen molar-refractivity contribution in [2.45, 2.75) is 52.0 Å². The van der Waals surface area contributed by atoms with Crippen LogP contribution in [0, 0.1) is 5.92 Å². The van der Waals surface area contributed by atoms with Crippen molar-refractivity contribution >= 4 is 11.4 Å². The lowest BCUT2D eigenvalue weighted by molar-refractivity contribution is 0.0839. The first-order valence-corrected chi connectivity index (χ1v) is 9.50. The molecule has 1 aromatic carbocycles. The molecule has 1 aliphatic rings. The van der Waals surface area contributed by atoms with Crippen LogP contribution in [0.2, 0.25) is 0 Å². The summed E-state index contributed by atoms with van der Waals surface area (Å²) in [6.07, 6.45) is 2.86. The average Bonchev–Trinajstić information content (AvgIpc) is 3.13. The van der Waals surface area contributed by atoms with Crippen molar-refractivity contribution in [2.75, 3.05) is 30.4 Å². The molecule has 0 amide bonds. The Balaban J connectivity index is 1.79. The van der Waals surface area contributed by atoms with Gasteiger partial charge in [-0.05, 0) is 42.4 Å². The highest BCUT2D eigenvalue weighted by Crippen LogP contribution is 2.32. The van der Waals surface area contributed by atoms with Gasteiger partial charge < -0.3 is 15.4 Å². The lowest BCUT2D eigenvalue weighted by Gasteiger charge is -2.38. The summed E-state index contributed by atoms with van der Waals surface area (Å²) in [7, 11) is 0. The fourth-order valence-electron chi connectivity index (χ4n) is 3.64. The Hall–Kier alpha value is -2.15. The van der Waals surface area contributed by atoms with Gasteiger partial charge in [-0.2, -0.15) is 5.21 Å². The molecule has 1 aliphatic heterocycles. The maximum Gasteiger partial charge on any atom is 0.175 e. The summed E-state index contributed by atoms with van der Waals surface area (Å²) in [6, 6.07) is 6.96. The quantitative estimate of drug-likeness (QED) is 0.739. The fraction of sp³-hybridized carbons (Fsp3) is 0.632. The lowest BCUT2D eigenvalue weighted by Crippen LogP contribution is -2.42. The van der Waals surface area contributed by atoms with E-state index in [-0.39, 0.29) is 5.92 Å². The summed E-state index contributed by atoms with van der Waals surface area (Å²) in [5, 5.41) is 14.2. The second-order valence-electron chi connectivity index (χ2n) is 7.64. The Kier molecular flexibility index (Phi) is 6.08. The van der Waals surface area contributed by atoms with Crippen LogP contribution in [0.25, 0.3) is 0 Å². The number of hydrogen-bond donors (Lipinski definition) is 2. The third-order valence-corrected chi connectivity index (χ3v) is 5.00. The third-order valence-electron chi connectivity index (χ3n) is 5.00. The summed E-state index contributed by atoms with van der Waals surface area (Å²) in [5.41, 5.74) is 9.68. The minimum Gasteiger partial charge on any atom is -0.397 e. The van der Waals surface area contributed by atoms with Crippen molar-refractivity contribution in [2.24, 2.45) is 5.92 Å². The average molecular weight is 358 g/mol. The summed E-state index contributed by atoms with van der Waals surface area (Å²) in [4.78, 5) is 2.48. The molecule has 3 N–H and O–H groups in total. The van der Waals surface area contributed by atoms with Gasteiger partial charge in [0.15, 0.2) is 5.82 Å². The van der Waals surface area contributed by atoms with Crippen LogP contribution < -0.4 is 10.6 Å². The minimum absolute atomic E-state index is 0.283. The molecule has 7 nitrogen and oxygen atoms in total. The van der Waals surface area contributed by atoms with Crippen LogP contribution in [0.4, 0.5) is 11.4 Å². The molecule has 3 rings (SSSR count).